The fraction of sp³-hybridized carbons (Fsp3) is 0.211. The van der Waals surface area contributed by atoms with Crippen molar-refractivity contribution in [3.63, 3.8) is 0 Å². The number of aliphatic hydroxyl groups excluding tert-OH is 1. The smallest absolute Gasteiger partial charge is 0.268 e. The Morgan fingerprint density at radius 2 is 1.44 bits per heavy atom. The number of carbonyl (C=O) groups is 3. The summed E-state index contributed by atoms with van der Waals surface area (Å²) >= 11 is 0. The predicted octanol–water partition coefficient (Wildman–Crippen LogP) is 1.56. The molecule has 0 spiro atoms. The van der Waals surface area contributed by atoms with E-state index < -0.39 is 24.0 Å². The van der Waals surface area contributed by atoms with Crippen molar-refractivity contribution in [2.75, 3.05) is 5.32 Å². The van der Waals surface area contributed by atoms with E-state index in [2.05, 4.69) is 10.6 Å². The van der Waals surface area contributed by atoms with Crippen LogP contribution in [-0.2, 0) is 4.79 Å². The van der Waals surface area contributed by atoms with Crippen LogP contribution in [0.5, 0.6) is 0 Å². The van der Waals surface area contributed by atoms with Crippen LogP contribution in [0, 0.1) is 0 Å². The lowest BCUT2D eigenvalue weighted by molar-refractivity contribution is -0.133. The van der Waals surface area contributed by atoms with Crippen molar-refractivity contribution in [1.29, 1.82) is 0 Å². The molecule has 5 N–H and O–H groups in total. The van der Waals surface area contributed by atoms with Gasteiger partial charge >= 0.3 is 0 Å². The van der Waals surface area contributed by atoms with Gasteiger partial charge in [0.2, 0.25) is 0 Å². The highest BCUT2D eigenvalue weighted by Crippen LogP contribution is 2.12. The van der Waals surface area contributed by atoms with E-state index >= 15 is 0 Å². The van der Waals surface area contributed by atoms with Crippen LogP contribution < -0.4 is 16.1 Å². The predicted molar refractivity (Wildman–Crippen MR) is 100 cm³/mol. The third-order valence-corrected chi connectivity index (χ3v) is 3.60. The number of hydroxylamine groups is 1. The van der Waals surface area contributed by atoms with Gasteiger partial charge in [-0.05, 0) is 43.3 Å². The van der Waals surface area contributed by atoms with E-state index in [1.165, 1.54) is 24.5 Å². The molecular formula is C19H23N3O5. The standard InChI is InChI=1S/C18H19N3O5.CH4/c1-11(22)15(18(25)21-26)20-17(24)13-7-9-14(10-8-13)19-16(23)12-5-3-2-4-6-12;/h2-11,15,22,26H,1H3,(H,19,23)(H,20,24)(H,21,25);1H4/t11-,15+;/m1./s1. The fourth-order valence-electron chi connectivity index (χ4n) is 2.20. The number of carbonyl (C=O) groups excluding carboxylic acids is 3. The normalized spacial score (nSPS) is 12.1. The van der Waals surface area contributed by atoms with Gasteiger partial charge in [0.1, 0.15) is 6.04 Å². The Labute approximate surface area is 157 Å². The lowest BCUT2D eigenvalue weighted by atomic mass is 10.1. The van der Waals surface area contributed by atoms with Gasteiger partial charge in [-0.3, -0.25) is 19.6 Å². The molecule has 0 saturated heterocycles. The summed E-state index contributed by atoms with van der Waals surface area (Å²) in [6, 6.07) is 13.4. The molecule has 144 valence electrons. The lowest BCUT2D eigenvalue weighted by Crippen LogP contribution is -2.51. The van der Waals surface area contributed by atoms with Crippen LogP contribution in [-0.4, -0.2) is 40.2 Å². The lowest BCUT2D eigenvalue weighted by Gasteiger charge is -2.19. The summed E-state index contributed by atoms with van der Waals surface area (Å²) in [5.74, 6) is -1.82. The van der Waals surface area contributed by atoms with Gasteiger partial charge in [0.25, 0.3) is 17.7 Å². The Morgan fingerprint density at radius 3 is 1.96 bits per heavy atom. The Hall–Kier alpha value is -3.23. The zero-order valence-electron chi connectivity index (χ0n) is 14.0. The van der Waals surface area contributed by atoms with Crippen LogP contribution in [0.2, 0.25) is 0 Å². The zero-order chi connectivity index (χ0) is 19.1. The molecule has 0 radical (unpaired) electrons. The number of benzene rings is 2. The molecule has 2 rings (SSSR count). The minimum Gasteiger partial charge on any atom is -0.391 e. The molecule has 0 fully saturated rings. The van der Waals surface area contributed by atoms with Gasteiger partial charge < -0.3 is 15.7 Å². The molecule has 0 aliphatic carbocycles. The second-order valence-corrected chi connectivity index (χ2v) is 5.57. The van der Waals surface area contributed by atoms with Gasteiger partial charge in [0.15, 0.2) is 0 Å². The summed E-state index contributed by atoms with van der Waals surface area (Å²) in [6.07, 6.45) is -1.20. The Kier molecular flexibility index (Phi) is 8.12. The van der Waals surface area contributed by atoms with E-state index in [0.29, 0.717) is 11.3 Å². The molecule has 0 bridgehead atoms. The van der Waals surface area contributed by atoms with E-state index in [1.54, 1.807) is 36.4 Å². The molecule has 2 atom stereocenters. The first-order valence-corrected chi connectivity index (χ1v) is 7.81. The highest BCUT2D eigenvalue weighted by atomic mass is 16.5. The summed E-state index contributed by atoms with van der Waals surface area (Å²) in [7, 11) is 0. The molecule has 2 aromatic rings. The molecular weight excluding hydrogens is 350 g/mol. The minimum atomic E-state index is -1.30. The fourth-order valence-corrected chi connectivity index (χ4v) is 2.20. The summed E-state index contributed by atoms with van der Waals surface area (Å²) < 4.78 is 0. The van der Waals surface area contributed by atoms with E-state index in [0.717, 1.165) is 0 Å². The van der Waals surface area contributed by atoms with Gasteiger partial charge in [-0.1, -0.05) is 25.6 Å². The second kappa shape index (κ2) is 10.0. The van der Waals surface area contributed by atoms with Gasteiger partial charge in [-0.2, -0.15) is 0 Å². The average molecular weight is 373 g/mol. The van der Waals surface area contributed by atoms with E-state index in [4.69, 9.17) is 5.21 Å². The van der Waals surface area contributed by atoms with Crippen LogP contribution in [0.15, 0.2) is 54.6 Å². The SMILES string of the molecule is C.C[C@@H](O)[C@H](NC(=O)c1ccc(NC(=O)c2ccccc2)cc1)C(=O)NO. The van der Waals surface area contributed by atoms with E-state index in [-0.39, 0.29) is 18.9 Å². The maximum absolute atomic E-state index is 12.2. The van der Waals surface area contributed by atoms with Crippen molar-refractivity contribution in [3.8, 4) is 0 Å². The highest BCUT2D eigenvalue weighted by Gasteiger charge is 2.25. The Balaban J connectivity index is 0.00000364. The van der Waals surface area contributed by atoms with Crippen LogP contribution in [0.4, 0.5) is 5.69 Å². The molecule has 0 saturated carbocycles. The van der Waals surface area contributed by atoms with Gasteiger partial charge in [0, 0.05) is 16.8 Å². The first-order valence-electron chi connectivity index (χ1n) is 7.81. The van der Waals surface area contributed by atoms with Crippen LogP contribution in [0.25, 0.3) is 0 Å². The quantitative estimate of drug-likeness (QED) is 0.388. The first-order chi connectivity index (χ1) is 12.4. The van der Waals surface area contributed by atoms with Crippen molar-refractivity contribution in [1.82, 2.24) is 10.8 Å². The van der Waals surface area contributed by atoms with Gasteiger partial charge in [-0.25, -0.2) is 5.48 Å². The van der Waals surface area contributed by atoms with Crippen molar-refractivity contribution in [2.24, 2.45) is 0 Å². The summed E-state index contributed by atoms with van der Waals surface area (Å²) in [5.41, 5.74) is 2.61. The number of amides is 3. The van der Waals surface area contributed by atoms with E-state index in [9.17, 15) is 19.5 Å². The third-order valence-electron chi connectivity index (χ3n) is 3.60. The first kappa shape index (κ1) is 21.8. The Bertz CT molecular complexity index is 776. The Morgan fingerprint density at radius 1 is 0.889 bits per heavy atom. The maximum Gasteiger partial charge on any atom is 0.268 e. The number of hydrogen-bond donors (Lipinski definition) is 5. The molecule has 2 aromatic carbocycles. The van der Waals surface area contributed by atoms with Crippen LogP contribution in [0.1, 0.15) is 35.1 Å². The number of anilines is 1. The topological polar surface area (TPSA) is 128 Å². The number of rotatable bonds is 6. The number of nitrogens with one attached hydrogen (secondary N) is 3. The highest BCUT2D eigenvalue weighted by molar-refractivity contribution is 6.04. The van der Waals surface area contributed by atoms with Crippen molar-refractivity contribution >= 4 is 23.4 Å². The molecule has 0 aliphatic heterocycles. The zero-order valence-corrected chi connectivity index (χ0v) is 14.0. The van der Waals surface area contributed by atoms with Gasteiger partial charge in [0.05, 0.1) is 6.10 Å². The van der Waals surface area contributed by atoms with Crippen molar-refractivity contribution in [3.05, 3.63) is 65.7 Å². The molecule has 0 unspecified atom stereocenters. The summed E-state index contributed by atoms with van der Waals surface area (Å²) in [4.78, 5) is 35.7. The van der Waals surface area contributed by atoms with Crippen LogP contribution >= 0.6 is 0 Å². The van der Waals surface area contributed by atoms with Crippen LogP contribution in [0.3, 0.4) is 0 Å². The number of hydrogen-bond acceptors (Lipinski definition) is 5. The minimum absolute atomic E-state index is 0. The molecule has 3 amide bonds. The maximum atomic E-state index is 12.2. The summed E-state index contributed by atoms with van der Waals surface area (Å²) in [6.45, 7) is 1.31. The average Bonchev–Trinajstić information content (AvgIpc) is 2.66. The van der Waals surface area contributed by atoms with Crippen molar-refractivity contribution in [2.45, 2.75) is 26.5 Å². The summed E-state index contributed by atoms with van der Waals surface area (Å²) in [5, 5.41) is 23.2. The molecule has 0 aromatic heterocycles. The molecule has 27 heavy (non-hydrogen) atoms. The number of aliphatic hydroxyl groups is 1. The molecule has 0 aliphatic rings. The van der Waals surface area contributed by atoms with Crippen molar-refractivity contribution < 1.29 is 24.7 Å². The third kappa shape index (κ3) is 5.91. The van der Waals surface area contributed by atoms with Gasteiger partial charge in [-0.15, -0.1) is 0 Å². The molecule has 8 heteroatoms. The monoisotopic (exact) mass is 373 g/mol. The molecule has 0 heterocycles. The van der Waals surface area contributed by atoms with E-state index in [1.807, 2.05) is 6.07 Å². The molecule has 8 nitrogen and oxygen atoms in total. The second-order valence-electron chi connectivity index (χ2n) is 5.57. The largest absolute Gasteiger partial charge is 0.391 e.